The summed E-state index contributed by atoms with van der Waals surface area (Å²) < 4.78 is 10.2. The number of nitro groups is 1. The van der Waals surface area contributed by atoms with E-state index in [1.165, 1.54) is 37.4 Å². The van der Waals surface area contributed by atoms with Crippen LogP contribution in [0, 0.1) is 17.0 Å². The predicted octanol–water partition coefficient (Wildman–Crippen LogP) is 3.53. The third kappa shape index (κ3) is 3.47. The topological polar surface area (TPSA) is 136 Å². The standard InChI is InChI=1S/C22H17N3O7/c1-12-11-17(23-32-12)24-19(13-3-7-15(8-4-13)25(29)30)18(21(27)22(24)28)20(26)14-5-9-16(31-2)10-6-14/h3-11,19,26H,1-2H3/b20-18+/t19-/m0/s1. The van der Waals surface area contributed by atoms with E-state index in [1.54, 1.807) is 31.2 Å². The van der Waals surface area contributed by atoms with Crippen molar-refractivity contribution in [1.82, 2.24) is 5.16 Å². The minimum Gasteiger partial charge on any atom is -0.507 e. The lowest BCUT2D eigenvalue weighted by molar-refractivity contribution is -0.384. The molecule has 1 fully saturated rings. The molecule has 10 heteroatoms. The van der Waals surface area contributed by atoms with Gasteiger partial charge in [0.05, 0.1) is 23.6 Å². The number of carbonyl (C=O) groups is 2. The van der Waals surface area contributed by atoms with E-state index in [-0.39, 0.29) is 17.1 Å². The van der Waals surface area contributed by atoms with Gasteiger partial charge in [-0.2, -0.15) is 0 Å². The quantitative estimate of drug-likeness (QED) is 0.211. The van der Waals surface area contributed by atoms with Crippen LogP contribution in [-0.4, -0.2) is 34.0 Å². The molecular weight excluding hydrogens is 418 g/mol. The van der Waals surface area contributed by atoms with E-state index >= 15 is 0 Å². The Labute approximate surface area is 181 Å². The highest BCUT2D eigenvalue weighted by molar-refractivity contribution is 6.51. The highest BCUT2D eigenvalue weighted by Gasteiger charge is 2.48. The van der Waals surface area contributed by atoms with Crippen LogP contribution in [0.15, 0.2) is 64.7 Å². The van der Waals surface area contributed by atoms with Crippen molar-refractivity contribution in [3.05, 3.63) is 87.2 Å². The molecule has 4 rings (SSSR count). The highest BCUT2D eigenvalue weighted by Crippen LogP contribution is 2.42. The minimum atomic E-state index is -1.07. The summed E-state index contributed by atoms with van der Waals surface area (Å²) in [6.45, 7) is 1.63. The fraction of sp³-hybridized carbons (Fsp3) is 0.136. The summed E-state index contributed by atoms with van der Waals surface area (Å²) in [5.41, 5.74) is 0.352. The average molecular weight is 435 g/mol. The summed E-state index contributed by atoms with van der Waals surface area (Å²) in [4.78, 5) is 37.5. The fourth-order valence-corrected chi connectivity index (χ4v) is 3.53. The van der Waals surface area contributed by atoms with Gasteiger partial charge in [-0.25, -0.2) is 0 Å². The normalized spacial score (nSPS) is 17.6. The zero-order chi connectivity index (χ0) is 23.0. The minimum absolute atomic E-state index is 0.0849. The van der Waals surface area contributed by atoms with Crippen LogP contribution in [0.3, 0.4) is 0 Å². The summed E-state index contributed by atoms with van der Waals surface area (Å²) in [5.74, 6) is -1.16. The van der Waals surface area contributed by atoms with Gasteiger partial charge in [-0.1, -0.05) is 5.16 Å². The molecule has 0 radical (unpaired) electrons. The second-order valence-electron chi connectivity index (χ2n) is 7.04. The molecule has 32 heavy (non-hydrogen) atoms. The fourth-order valence-electron chi connectivity index (χ4n) is 3.53. The zero-order valence-electron chi connectivity index (χ0n) is 17.0. The van der Waals surface area contributed by atoms with E-state index < -0.39 is 28.4 Å². The van der Waals surface area contributed by atoms with E-state index in [4.69, 9.17) is 9.26 Å². The number of aryl methyl sites for hydroxylation is 1. The molecule has 162 valence electrons. The first-order chi connectivity index (χ1) is 15.3. The van der Waals surface area contributed by atoms with E-state index in [2.05, 4.69) is 5.16 Å². The molecule has 0 aliphatic carbocycles. The molecule has 0 unspecified atom stereocenters. The number of nitro benzene ring substituents is 1. The molecule has 2 heterocycles. The second-order valence-corrected chi connectivity index (χ2v) is 7.04. The van der Waals surface area contributed by atoms with Gasteiger partial charge in [-0.3, -0.25) is 24.6 Å². The third-order valence-corrected chi connectivity index (χ3v) is 5.09. The summed E-state index contributed by atoms with van der Waals surface area (Å²) >= 11 is 0. The van der Waals surface area contributed by atoms with Crippen LogP contribution < -0.4 is 9.64 Å². The van der Waals surface area contributed by atoms with E-state index in [1.807, 2.05) is 0 Å². The van der Waals surface area contributed by atoms with Gasteiger partial charge in [0.15, 0.2) is 5.82 Å². The van der Waals surface area contributed by atoms with Crippen LogP contribution in [0.25, 0.3) is 5.76 Å². The van der Waals surface area contributed by atoms with Crippen LogP contribution in [0.4, 0.5) is 11.5 Å². The maximum atomic E-state index is 13.0. The number of aliphatic hydroxyl groups is 1. The van der Waals surface area contributed by atoms with Crippen LogP contribution in [0.5, 0.6) is 5.75 Å². The molecule has 10 nitrogen and oxygen atoms in total. The van der Waals surface area contributed by atoms with Crippen molar-refractivity contribution < 1.29 is 28.9 Å². The van der Waals surface area contributed by atoms with Crippen molar-refractivity contribution in [2.75, 3.05) is 12.0 Å². The number of hydrogen-bond acceptors (Lipinski definition) is 8. The number of carbonyl (C=O) groups excluding carboxylic acids is 2. The number of aliphatic hydroxyl groups excluding tert-OH is 1. The molecule has 0 spiro atoms. The molecule has 0 bridgehead atoms. The molecule has 1 N–H and O–H groups in total. The molecule has 1 aromatic heterocycles. The number of methoxy groups -OCH3 is 1. The van der Waals surface area contributed by atoms with Crippen LogP contribution >= 0.6 is 0 Å². The van der Waals surface area contributed by atoms with Crippen molar-refractivity contribution in [1.29, 1.82) is 0 Å². The number of rotatable bonds is 5. The molecule has 1 saturated heterocycles. The largest absolute Gasteiger partial charge is 0.507 e. The SMILES string of the molecule is COc1ccc(/C(O)=C2\C(=O)C(=O)N(c3cc(C)on3)[C@H]2c2ccc([N+](=O)[O-])cc2)cc1. The smallest absolute Gasteiger partial charge is 0.301 e. The number of Topliss-reactive ketones (excluding diaryl/α,β-unsaturated/α-hetero) is 1. The van der Waals surface area contributed by atoms with Gasteiger partial charge in [-0.15, -0.1) is 0 Å². The summed E-state index contributed by atoms with van der Waals surface area (Å²) in [6.07, 6.45) is 0. The Morgan fingerprint density at radius 1 is 1.16 bits per heavy atom. The van der Waals surface area contributed by atoms with E-state index in [0.717, 1.165) is 4.90 Å². The van der Waals surface area contributed by atoms with Crippen molar-refractivity contribution in [3.8, 4) is 5.75 Å². The number of ether oxygens (including phenoxy) is 1. The summed E-state index contributed by atoms with van der Waals surface area (Å²) in [5, 5.41) is 25.9. The monoisotopic (exact) mass is 435 g/mol. The molecule has 3 aromatic rings. The van der Waals surface area contributed by atoms with Crippen LogP contribution in [0.1, 0.15) is 22.9 Å². The number of non-ortho nitro benzene ring substituents is 1. The van der Waals surface area contributed by atoms with Crippen molar-refractivity contribution in [2.45, 2.75) is 13.0 Å². The number of anilines is 1. The number of aromatic nitrogens is 1. The molecule has 2 aromatic carbocycles. The Morgan fingerprint density at radius 2 is 1.81 bits per heavy atom. The number of benzene rings is 2. The first-order valence-electron chi connectivity index (χ1n) is 9.45. The highest BCUT2D eigenvalue weighted by atomic mass is 16.6. The van der Waals surface area contributed by atoms with Gasteiger partial charge in [-0.05, 0) is 48.9 Å². The van der Waals surface area contributed by atoms with Crippen LogP contribution in [0.2, 0.25) is 0 Å². The third-order valence-electron chi connectivity index (χ3n) is 5.09. The van der Waals surface area contributed by atoms with E-state index in [0.29, 0.717) is 22.6 Å². The zero-order valence-corrected chi connectivity index (χ0v) is 17.0. The number of ketones is 1. The Hall–Kier alpha value is -4.47. The van der Waals surface area contributed by atoms with Gasteiger partial charge in [0.1, 0.15) is 17.3 Å². The van der Waals surface area contributed by atoms with Crippen molar-refractivity contribution >= 4 is 29.0 Å². The number of nitrogens with zero attached hydrogens (tertiary/aromatic N) is 3. The maximum absolute atomic E-state index is 13.0. The Balaban J connectivity index is 1.90. The average Bonchev–Trinajstić information content (AvgIpc) is 3.34. The lowest BCUT2D eigenvalue weighted by Gasteiger charge is -2.22. The number of amides is 1. The Morgan fingerprint density at radius 3 is 2.34 bits per heavy atom. The van der Waals surface area contributed by atoms with Gasteiger partial charge < -0.3 is 14.4 Å². The summed E-state index contributed by atoms with van der Waals surface area (Å²) in [7, 11) is 1.49. The first kappa shape index (κ1) is 20.8. The molecular formula is C22H17N3O7. The lowest BCUT2D eigenvalue weighted by atomic mass is 9.95. The van der Waals surface area contributed by atoms with Crippen LogP contribution in [-0.2, 0) is 9.59 Å². The van der Waals surface area contributed by atoms with Gasteiger partial charge in [0.2, 0.25) is 0 Å². The van der Waals surface area contributed by atoms with Crippen molar-refractivity contribution in [2.24, 2.45) is 0 Å². The Kier molecular flexibility index (Phi) is 5.19. The van der Waals surface area contributed by atoms with Crippen molar-refractivity contribution in [3.63, 3.8) is 0 Å². The van der Waals surface area contributed by atoms with E-state index in [9.17, 15) is 24.8 Å². The second kappa shape index (κ2) is 7.99. The maximum Gasteiger partial charge on any atom is 0.301 e. The van der Waals surface area contributed by atoms with Gasteiger partial charge in [0, 0.05) is 23.8 Å². The van der Waals surface area contributed by atoms with Gasteiger partial charge >= 0.3 is 5.91 Å². The summed E-state index contributed by atoms with van der Waals surface area (Å²) in [6, 6.07) is 12.1. The molecule has 1 aliphatic heterocycles. The Bertz CT molecular complexity index is 1240. The first-order valence-corrected chi connectivity index (χ1v) is 9.45. The lowest BCUT2D eigenvalue weighted by Crippen LogP contribution is -2.29. The predicted molar refractivity (Wildman–Crippen MR) is 112 cm³/mol. The molecule has 1 aliphatic rings. The van der Waals surface area contributed by atoms with Gasteiger partial charge in [0.25, 0.3) is 11.5 Å². The number of hydrogen-bond donors (Lipinski definition) is 1. The molecule has 1 atom stereocenters. The molecule has 1 amide bonds. The molecule has 0 saturated carbocycles.